The van der Waals surface area contributed by atoms with E-state index in [0.717, 1.165) is 5.75 Å². The molecule has 0 fully saturated rings. The highest BCUT2D eigenvalue weighted by atomic mass is 32.2. The van der Waals surface area contributed by atoms with E-state index in [4.69, 9.17) is 4.74 Å². The number of benzene rings is 2. The number of Topliss-reactive ketones (excluding diaryl/α,β-unsaturated/α-hetero) is 1. The summed E-state index contributed by atoms with van der Waals surface area (Å²) < 4.78 is 18.4. The molecule has 0 N–H and O–H groups in total. The number of hydrogen-bond donors (Lipinski definition) is 0. The first-order valence-corrected chi connectivity index (χ1v) is 7.75. The zero-order valence-corrected chi connectivity index (χ0v) is 12.9. The fraction of sp³-hybridized carbons (Fsp3) is 0.235. The van der Waals surface area contributed by atoms with Gasteiger partial charge in [-0.05, 0) is 30.7 Å². The molecule has 0 bridgehead atoms. The van der Waals surface area contributed by atoms with Crippen molar-refractivity contribution in [1.82, 2.24) is 0 Å². The molecular weight excluding hydrogens is 287 g/mol. The van der Waals surface area contributed by atoms with Gasteiger partial charge in [0.2, 0.25) is 0 Å². The van der Waals surface area contributed by atoms with Gasteiger partial charge < -0.3 is 4.74 Å². The maximum Gasteiger partial charge on any atom is 0.176 e. The minimum atomic E-state index is -0.428. The van der Waals surface area contributed by atoms with Crippen molar-refractivity contribution in [2.24, 2.45) is 0 Å². The maximum atomic E-state index is 13.3. The molecule has 0 heterocycles. The summed E-state index contributed by atoms with van der Waals surface area (Å²) in [6.45, 7) is 2.04. The number of ketones is 1. The second kappa shape index (κ2) is 7.27. The molecule has 0 atom stereocenters. The fourth-order valence-electron chi connectivity index (χ4n) is 2.04. The minimum Gasteiger partial charge on any atom is -0.496 e. The van der Waals surface area contributed by atoms with Crippen LogP contribution in [-0.4, -0.2) is 18.6 Å². The molecule has 2 rings (SSSR count). The Labute approximate surface area is 128 Å². The van der Waals surface area contributed by atoms with Gasteiger partial charge in [0.1, 0.15) is 11.6 Å². The lowest BCUT2D eigenvalue weighted by Crippen LogP contribution is -2.06. The van der Waals surface area contributed by atoms with Crippen LogP contribution in [0.2, 0.25) is 0 Å². The third-order valence-electron chi connectivity index (χ3n) is 3.05. The van der Waals surface area contributed by atoms with Crippen molar-refractivity contribution >= 4 is 17.5 Å². The van der Waals surface area contributed by atoms with Gasteiger partial charge in [0.15, 0.2) is 5.78 Å². The largest absolute Gasteiger partial charge is 0.496 e. The van der Waals surface area contributed by atoms with Crippen LogP contribution in [0, 0.1) is 12.7 Å². The molecule has 0 aliphatic heterocycles. The van der Waals surface area contributed by atoms with E-state index in [9.17, 15) is 9.18 Å². The molecule has 110 valence electrons. The Balaban J connectivity index is 1.97. The molecule has 21 heavy (non-hydrogen) atoms. The van der Waals surface area contributed by atoms with E-state index in [-0.39, 0.29) is 5.78 Å². The maximum absolute atomic E-state index is 13.3. The van der Waals surface area contributed by atoms with E-state index < -0.39 is 5.82 Å². The standard InChI is InChI=1S/C17H17FO2S/c1-12-4-3-5-13(8-12)10-21-11-16(19)15-9-14(18)6-7-17(15)20-2/h3-9H,10-11H2,1-2H3. The van der Waals surface area contributed by atoms with Crippen LogP contribution in [0.25, 0.3) is 0 Å². The number of aryl methyl sites for hydroxylation is 1. The monoisotopic (exact) mass is 304 g/mol. The summed E-state index contributed by atoms with van der Waals surface area (Å²) >= 11 is 1.52. The number of ether oxygens (including phenoxy) is 1. The summed E-state index contributed by atoms with van der Waals surface area (Å²) in [5.74, 6) is 0.920. The summed E-state index contributed by atoms with van der Waals surface area (Å²) in [6, 6.07) is 12.2. The first kappa shape index (κ1) is 15.6. The van der Waals surface area contributed by atoms with Crippen molar-refractivity contribution in [3.05, 3.63) is 65.0 Å². The molecule has 0 saturated heterocycles. The van der Waals surface area contributed by atoms with Crippen molar-refractivity contribution < 1.29 is 13.9 Å². The average Bonchev–Trinajstić information content (AvgIpc) is 2.47. The van der Waals surface area contributed by atoms with Crippen LogP contribution in [0.15, 0.2) is 42.5 Å². The van der Waals surface area contributed by atoms with Crippen LogP contribution >= 0.6 is 11.8 Å². The SMILES string of the molecule is COc1ccc(F)cc1C(=O)CSCc1cccc(C)c1. The molecule has 0 aliphatic rings. The Bertz CT molecular complexity index is 640. The van der Waals surface area contributed by atoms with Crippen molar-refractivity contribution in [1.29, 1.82) is 0 Å². The minimum absolute atomic E-state index is 0.121. The van der Waals surface area contributed by atoms with Crippen LogP contribution in [0.5, 0.6) is 5.75 Å². The van der Waals surface area contributed by atoms with Gasteiger partial charge in [-0.25, -0.2) is 4.39 Å². The zero-order valence-electron chi connectivity index (χ0n) is 12.1. The molecule has 4 heteroatoms. The summed E-state index contributed by atoms with van der Waals surface area (Å²) in [7, 11) is 1.48. The van der Waals surface area contributed by atoms with E-state index in [0.29, 0.717) is 17.1 Å². The smallest absolute Gasteiger partial charge is 0.176 e. The highest BCUT2D eigenvalue weighted by molar-refractivity contribution is 7.99. The number of thioether (sulfide) groups is 1. The third kappa shape index (κ3) is 4.33. The summed E-state index contributed by atoms with van der Waals surface area (Å²) in [5.41, 5.74) is 2.68. The molecule has 0 saturated carbocycles. The Kier molecular flexibility index (Phi) is 5.39. The van der Waals surface area contributed by atoms with Gasteiger partial charge in [-0.1, -0.05) is 29.8 Å². The molecule has 2 nitrogen and oxygen atoms in total. The lowest BCUT2D eigenvalue weighted by atomic mass is 10.1. The second-order valence-corrected chi connectivity index (χ2v) is 5.74. The van der Waals surface area contributed by atoms with Crippen LogP contribution in [0.3, 0.4) is 0 Å². The Morgan fingerprint density at radius 1 is 1.24 bits per heavy atom. The zero-order chi connectivity index (χ0) is 15.2. The first-order chi connectivity index (χ1) is 10.1. The van der Waals surface area contributed by atoms with E-state index >= 15 is 0 Å². The van der Waals surface area contributed by atoms with Crippen molar-refractivity contribution in [3.8, 4) is 5.75 Å². The Hall–Kier alpha value is -1.81. The first-order valence-electron chi connectivity index (χ1n) is 6.60. The average molecular weight is 304 g/mol. The Morgan fingerprint density at radius 2 is 2.05 bits per heavy atom. The normalized spacial score (nSPS) is 10.4. The fourth-order valence-corrected chi connectivity index (χ4v) is 2.90. The summed E-state index contributed by atoms with van der Waals surface area (Å²) in [5, 5.41) is 0. The predicted octanol–water partition coefficient (Wildman–Crippen LogP) is 4.26. The van der Waals surface area contributed by atoms with Crippen molar-refractivity contribution in [3.63, 3.8) is 0 Å². The molecule has 0 aliphatic carbocycles. The Morgan fingerprint density at radius 3 is 2.76 bits per heavy atom. The highest BCUT2D eigenvalue weighted by Gasteiger charge is 2.13. The molecular formula is C17H17FO2S. The lowest BCUT2D eigenvalue weighted by molar-refractivity contribution is 0.101. The van der Waals surface area contributed by atoms with Crippen LogP contribution in [0.4, 0.5) is 4.39 Å². The topological polar surface area (TPSA) is 26.3 Å². The third-order valence-corrected chi connectivity index (χ3v) is 4.05. The quantitative estimate of drug-likeness (QED) is 0.746. The number of rotatable bonds is 6. The van der Waals surface area contributed by atoms with Gasteiger partial charge in [0, 0.05) is 5.75 Å². The van der Waals surface area contributed by atoms with Crippen LogP contribution in [-0.2, 0) is 5.75 Å². The van der Waals surface area contributed by atoms with E-state index in [1.165, 1.54) is 48.2 Å². The van der Waals surface area contributed by atoms with E-state index in [1.54, 1.807) is 0 Å². The molecule has 0 aromatic heterocycles. The molecule has 0 spiro atoms. The number of carbonyl (C=O) groups excluding carboxylic acids is 1. The number of carbonyl (C=O) groups is 1. The summed E-state index contributed by atoms with van der Waals surface area (Å²) in [4.78, 5) is 12.2. The molecule has 0 amide bonds. The lowest BCUT2D eigenvalue weighted by Gasteiger charge is -2.08. The van der Waals surface area contributed by atoms with Gasteiger partial charge in [0.05, 0.1) is 18.4 Å². The van der Waals surface area contributed by atoms with Gasteiger partial charge in [-0.3, -0.25) is 4.79 Å². The molecule has 0 unspecified atom stereocenters. The number of methoxy groups -OCH3 is 1. The molecule has 0 radical (unpaired) electrons. The molecule has 2 aromatic rings. The second-order valence-electron chi connectivity index (χ2n) is 4.75. The predicted molar refractivity (Wildman–Crippen MR) is 84.6 cm³/mol. The van der Waals surface area contributed by atoms with Crippen LogP contribution < -0.4 is 4.74 Å². The van der Waals surface area contributed by atoms with E-state index in [1.807, 2.05) is 25.1 Å². The highest BCUT2D eigenvalue weighted by Crippen LogP contribution is 2.22. The van der Waals surface area contributed by atoms with Gasteiger partial charge >= 0.3 is 0 Å². The van der Waals surface area contributed by atoms with Gasteiger partial charge in [0.25, 0.3) is 0 Å². The summed E-state index contributed by atoms with van der Waals surface area (Å²) in [6.07, 6.45) is 0. The number of hydrogen-bond acceptors (Lipinski definition) is 3. The van der Waals surface area contributed by atoms with Crippen LogP contribution in [0.1, 0.15) is 21.5 Å². The molecule has 2 aromatic carbocycles. The van der Waals surface area contributed by atoms with Gasteiger partial charge in [-0.15, -0.1) is 11.8 Å². The van der Waals surface area contributed by atoms with Crippen molar-refractivity contribution in [2.75, 3.05) is 12.9 Å². The van der Waals surface area contributed by atoms with E-state index in [2.05, 4.69) is 6.07 Å². The number of halogens is 1. The van der Waals surface area contributed by atoms with Crippen molar-refractivity contribution in [2.45, 2.75) is 12.7 Å². The van der Waals surface area contributed by atoms with Gasteiger partial charge in [-0.2, -0.15) is 0 Å².